The van der Waals surface area contributed by atoms with Crippen LogP contribution in [0.5, 0.6) is 0 Å². The molecule has 3 heterocycles. The summed E-state index contributed by atoms with van der Waals surface area (Å²) in [6.45, 7) is 2.86. The van der Waals surface area contributed by atoms with Gasteiger partial charge in [0.15, 0.2) is 9.84 Å². The second-order valence-electron chi connectivity index (χ2n) is 11.5. The lowest BCUT2D eigenvalue weighted by Gasteiger charge is -2.63. The van der Waals surface area contributed by atoms with Gasteiger partial charge in [-0.1, -0.05) is 12.1 Å². The van der Waals surface area contributed by atoms with Gasteiger partial charge in [0.2, 0.25) is 0 Å². The normalized spacial score (nSPS) is 23.2. The number of hydrogen-bond acceptors (Lipinski definition) is 5. The summed E-state index contributed by atoms with van der Waals surface area (Å²) in [6, 6.07) is 7.08. The number of likely N-dealkylation sites (tertiary alicyclic amines) is 2. The predicted molar refractivity (Wildman–Crippen MR) is 123 cm³/mol. The number of hydrogen-bond donors (Lipinski definition) is 0. The van der Waals surface area contributed by atoms with E-state index in [-0.39, 0.29) is 22.9 Å². The molecule has 0 N–H and O–H groups in total. The fraction of sp³-hybridized carbons (Fsp3) is 0.625. The third-order valence-electron chi connectivity index (χ3n) is 8.44. The molecule has 2 aliphatic carbocycles. The van der Waals surface area contributed by atoms with E-state index >= 15 is 0 Å². The second-order valence-corrected chi connectivity index (χ2v) is 13.5. The maximum Gasteiger partial charge on any atom is 0.453 e. The molecule has 2 aliphatic heterocycles. The number of amides is 2. The van der Waals surface area contributed by atoms with Crippen molar-refractivity contribution in [2.24, 2.45) is 16.7 Å². The van der Waals surface area contributed by atoms with Gasteiger partial charge in [-0.15, -0.1) is 5.10 Å². The minimum atomic E-state index is -4.53. The molecular formula is C24H28F3N5O3S. The number of carbonyl (C=O) groups is 1. The molecule has 1 aromatic heterocycles. The molecule has 2 saturated carbocycles. The van der Waals surface area contributed by atoms with Crippen molar-refractivity contribution < 1.29 is 26.4 Å². The summed E-state index contributed by atoms with van der Waals surface area (Å²) in [5.74, 6) is -0.552. The molecular weight excluding hydrogens is 495 g/mol. The van der Waals surface area contributed by atoms with E-state index in [1.54, 1.807) is 12.1 Å². The summed E-state index contributed by atoms with van der Waals surface area (Å²) in [5, 5.41) is 3.58. The van der Waals surface area contributed by atoms with Gasteiger partial charge in [-0.05, 0) is 55.7 Å². The number of halogens is 3. The number of rotatable bonds is 4. The molecule has 1 aromatic carbocycles. The number of urea groups is 1. The summed E-state index contributed by atoms with van der Waals surface area (Å²) >= 11 is 0. The number of alkyl halides is 3. The minimum Gasteiger partial charge on any atom is -0.323 e. The first-order valence-corrected chi connectivity index (χ1v) is 14.0. The van der Waals surface area contributed by atoms with Crippen LogP contribution in [-0.4, -0.2) is 71.4 Å². The summed E-state index contributed by atoms with van der Waals surface area (Å²) < 4.78 is 62.7. The second kappa shape index (κ2) is 7.69. The van der Waals surface area contributed by atoms with Crippen LogP contribution in [0.3, 0.4) is 0 Å². The summed E-state index contributed by atoms with van der Waals surface area (Å²) in [6.07, 6.45) is 2.33. The van der Waals surface area contributed by atoms with E-state index in [9.17, 15) is 26.4 Å². The van der Waals surface area contributed by atoms with Gasteiger partial charge in [0.25, 0.3) is 5.82 Å². The fourth-order valence-corrected chi connectivity index (χ4v) is 7.37. The van der Waals surface area contributed by atoms with Crippen molar-refractivity contribution in [3.63, 3.8) is 0 Å². The zero-order chi connectivity index (χ0) is 25.5. The van der Waals surface area contributed by atoms with Gasteiger partial charge in [0.05, 0.1) is 10.9 Å². The zero-order valence-electron chi connectivity index (χ0n) is 19.9. The Hall–Kier alpha value is -2.63. The van der Waals surface area contributed by atoms with Gasteiger partial charge in [-0.25, -0.2) is 22.9 Å². The number of aromatic nitrogens is 3. The van der Waals surface area contributed by atoms with Crippen molar-refractivity contribution in [3.05, 3.63) is 42.0 Å². The molecule has 36 heavy (non-hydrogen) atoms. The Balaban J connectivity index is 0.926. The number of sulfone groups is 1. The first-order valence-electron chi connectivity index (χ1n) is 12.1. The molecule has 4 aliphatic rings. The number of nitrogens with zero attached hydrogens (tertiary/aromatic N) is 5. The molecule has 2 amide bonds. The lowest BCUT2D eigenvalue weighted by atomic mass is 9.56. The van der Waals surface area contributed by atoms with Gasteiger partial charge >= 0.3 is 12.2 Å². The topological polar surface area (TPSA) is 88.4 Å². The SMILES string of the molecule is CS(=O)(=O)c1ccc(CC2CC3(C2)CN(C(=O)N2CC4(CC(n5cnc(C(F)(F)F)n5)C4)C2)C3)cc1. The molecule has 194 valence electrons. The molecule has 0 unspecified atom stereocenters. The Morgan fingerprint density at radius 1 is 1.00 bits per heavy atom. The molecule has 2 saturated heterocycles. The molecule has 2 aromatic rings. The largest absolute Gasteiger partial charge is 0.453 e. The smallest absolute Gasteiger partial charge is 0.323 e. The van der Waals surface area contributed by atoms with E-state index in [0.29, 0.717) is 36.7 Å². The van der Waals surface area contributed by atoms with Crippen molar-refractivity contribution in [2.45, 2.75) is 49.2 Å². The highest BCUT2D eigenvalue weighted by atomic mass is 32.2. The third-order valence-corrected chi connectivity index (χ3v) is 9.57. The first kappa shape index (κ1) is 23.7. The fourth-order valence-electron chi connectivity index (χ4n) is 6.74. The Morgan fingerprint density at radius 3 is 2.06 bits per heavy atom. The van der Waals surface area contributed by atoms with E-state index in [0.717, 1.165) is 44.2 Å². The zero-order valence-corrected chi connectivity index (χ0v) is 20.7. The van der Waals surface area contributed by atoms with Gasteiger partial charge < -0.3 is 9.80 Å². The Bertz CT molecular complexity index is 1280. The lowest BCUT2D eigenvalue weighted by Crippen LogP contribution is -2.71. The van der Waals surface area contributed by atoms with E-state index in [1.165, 1.54) is 10.9 Å². The van der Waals surface area contributed by atoms with E-state index in [1.807, 2.05) is 21.9 Å². The Kier molecular flexibility index (Phi) is 5.07. The standard InChI is InChI=1S/C24H28F3N5O3S/c1-36(34,35)19-4-2-16(3-5-19)6-17-7-22(8-17)11-30(12-22)21(33)31-13-23(14-31)9-18(10-23)32-15-28-20(29-32)24(25,26)27/h2-5,15,17-18H,6-14H2,1H3. The van der Waals surface area contributed by atoms with Crippen LogP contribution in [0.15, 0.2) is 35.5 Å². The van der Waals surface area contributed by atoms with Gasteiger partial charge in [-0.2, -0.15) is 13.2 Å². The lowest BCUT2D eigenvalue weighted by molar-refractivity contribution is -0.145. The van der Waals surface area contributed by atoms with Crippen LogP contribution in [0.1, 0.15) is 43.1 Å². The van der Waals surface area contributed by atoms with Gasteiger partial charge in [0.1, 0.15) is 6.33 Å². The molecule has 0 atom stereocenters. The quantitative estimate of drug-likeness (QED) is 0.613. The molecule has 0 radical (unpaired) electrons. The maximum absolute atomic E-state index is 12.9. The molecule has 8 nitrogen and oxygen atoms in total. The van der Waals surface area contributed by atoms with E-state index in [4.69, 9.17) is 0 Å². The van der Waals surface area contributed by atoms with Crippen LogP contribution in [-0.2, 0) is 22.4 Å². The number of carbonyl (C=O) groups excluding carboxylic acids is 1. The molecule has 2 spiro atoms. The van der Waals surface area contributed by atoms with Gasteiger partial charge in [0, 0.05) is 43.3 Å². The van der Waals surface area contributed by atoms with Crippen molar-refractivity contribution in [3.8, 4) is 0 Å². The van der Waals surface area contributed by atoms with Crippen molar-refractivity contribution in [1.29, 1.82) is 0 Å². The third kappa shape index (κ3) is 4.06. The summed E-state index contributed by atoms with van der Waals surface area (Å²) in [7, 11) is -3.18. The van der Waals surface area contributed by atoms with Crippen LogP contribution in [0.2, 0.25) is 0 Å². The maximum atomic E-state index is 12.9. The predicted octanol–water partition coefficient (Wildman–Crippen LogP) is 3.41. The summed E-state index contributed by atoms with van der Waals surface area (Å²) in [4.78, 5) is 20.3. The van der Waals surface area contributed by atoms with Crippen LogP contribution >= 0.6 is 0 Å². The minimum absolute atomic E-state index is 0.00144. The average molecular weight is 524 g/mol. The van der Waals surface area contributed by atoms with Gasteiger partial charge in [-0.3, -0.25) is 0 Å². The van der Waals surface area contributed by atoms with Crippen LogP contribution in [0, 0.1) is 16.7 Å². The molecule has 0 bridgehead atoms. The highest BCUT2D eigenvalue weighted by Crippen LogP contribution is 2.56. The molecule has 4 fully saturated rings. The highest BCUT2D eigenvalue weighted by Gasteiger charge is 2.58. The highest BCUT2D eigenvalue weighted by molar-refractivity contribution is 7.90. The van der Waals surface area contributed by atoms with Crippen molar-refractivity contribution in [2.75, 3.05) is 32.4 Å². The van der Waals surface area contributed by atoms with Crippen LogP contribution in [0.4, 0.5) is 18.0 Å². The summed E-state index contributed by atoms with van der Waals surface area (Å²) in [5.41, 5.74) is 1.36. The Morgan fingerprint density at radius 2 is 1.56 bits per heavy atom. The molecule has 12 heteroatoms. The average Bonchev–Trinajstić information content (AvgIpc) is 3.16. The van der Waals surface area contributed by atoms with E-state index in [2.05, 4.69) is 10.1 Å². The van der Waals surface area contributed by atoms with Crippen LogP contribution < -0.4 is 0 Å². The van der Waals surface area contributed by atoms with Crippen molar-refractivity contribution >= 4 is 15.9 Å². The first-order chi connectivity index (χ1) is 16.8. The molecule has 6 rings (SSSR count). The van der Waals surface area contributed by atoms with Crippen molar-refractivity contribution in [1.82, 2.24) is 24.6 Å². The van der Waals surface area contributed by atoms with E-state index < -0.39 is 21.8 Å². The van der Waals surface area contributed by atoms with Crippen LogP contribution in [0.25, 0.3) is 0 Å². The monoisotopic (exact) mass is 523 g/mol. The Labute approximate surface area is 207 Å². The number of benzene rings is 1.